The van der Waals surface area contributed by atoms with Gasteiger partial charge in [0.1, 0.15) is 11.3 Å². The summed E-state index contributed by atoms with van der Waals surface area (Å²) in [5, 5.41) is 0. The maximum atomic E-state index is 14.0. The Morgan fingerprint density at radius 1 is 1.20 bits per heavy atom. The molecule has 3 unspecified atom stereocenters. The van der Waals surface area contributed by atoms with E-state index in [4.69, 9.17) is 5.73 Å². The van der Waals surface area contributed by atoms with Crippen LogP contribution in [0.3, 0.4) is 0 Å². The fourth-order valence-corrected chi connectivity index (χ4v) is 4.10. The second-order valence-corrected chi connectivity index (χ2v) is 7.09. The van der Waals surface area contributed by atoms with Crippen LogP contribution in [0.5, 0.6) is 0 Å². The molecule has 2 aliphatic rings. The summed E-state index contributed by atoms with van der Waals surface area (Å²) in [5.41, 5.74) is 8.85. The van der Waals surface area contributed by atoms with Gasteiger partial charge in [0, 0.05) is 25.2 Å². The van der Waals surface area contributed by atoms with Gasteiger partial charge in [0.15, 0.2) is 0 Å². The minimum absolute atomic E-state index is 0. The number of aryl methyl sites for hydroxylation is 2. The third-order valence-corrected chi connectivity index (χ3v) is 5.58. The van der Waals surface area contributed by atoms with E-state index in [0.29, 0.717) is 41.5 Å². The first-order valence-corrected chi connectivity index (χ1v) is 8.43. The minimum atomic E-state index is -0.459. The van der Waals surface area contributed by atoms with Crippen LogP contribution in [0.15, 0.2) is 12.1 Å². The average molecular weight is 365 g/mol. The van der Waals surface area contributed by atoms with Crippen LogP contribution in [0, 0.1) is 31.5 Å². The topological polar surface area (TPSA) is 72.1 Å². The number of carbonyl (C=O) groups is 1. The maximum absolute atomic E-state index is 14.0. The first-order chi connectivity index (χ1) is 11.4. The van der Waals surface area contributed by atoms with Gasteiger partial charge in [-0.2, -0.15) is 0 Å². The lowest BCUT2D eigenvalue weighted by atomic mass is 9.98. The molecule has 4 rings (SSSR count). The number of benzene rings is 1. The van der Waals surface area contributed by atoms with Crippen molar-refractivity contribution in [2.45, 2.75) is 32.7 Å². The van der Waals surface area contributed by atoms with Crippen molar-refractivity contribution in [1.29, 1.82) is 0 Å². The Bertz CT molecular complexity index is 843. The highest BCUT2D eigenvalue weighted by atomic mass is 35.5. The molecule has 0 spiro atoms. The van der Waals surface area contributed by atoms with Crippen LogP contribution < -0.4 is 5.73 Å². The number of amides is 1. The van der Waals surface area contributed by atoms with Crippen molar-refractivity contribution in [2.24, 2.45) is 17.6 Å². The van der Waals surface area contributed by atoms with Gasteiger partial charge in [0.2, 0.25) is 0 Å². The first kappa shape index (κ1) is 18.0. The molecule has 1 aliphatic heterocycles. The molecule has 2 N–H and O–H groups in total. The zero-order valence-electron chi connectivity index (χ0n) is 14.3. The molecule has 134 valence electrons. The Balaban J connectivity index is 0.00000182. The van der Waals surface area contributed by atoms with Crippen LogP contribution >= 0.6 is 12.4 Å². The van der Waals surface area contributed by atoms with Crippen LogP contribution in [0.4, 0.5) is 4.39 Å². The first-order valence-electron chi connectivity index (χ1n) is 8.43. The predicted octanol–water partition coefficient (Wildman–Crippen LogP) is 2.62. The van der Waals surface area contributed by atoms with Crippen LogP contribution in [0.1, 0.15) is 34.6 Å². The van der Waals surface area contributed by atoms with E-state index in [1.54, 1.807) is 4.90 Å². The molecular weight excluding hydrogens is 343 g/mol. The van der Waals surface area contributed by atoms with Crippen molar-refractivity contribution >= 4 is 29.3 Å². The van der Waals surface area contributed by atoms with Gasteiger partial charge in [-0.3, -0.25) is 4.79 Å². The molecule has 2 heterocycles. The lowest BCUT2D eigenvalue weighted by molar-refractivity contribution is 0.0781. The molecule has 1 aromatic carbocycles. The SMILES string of the molecule is Cc1nc2cc(F)cc(C(=O)N3CC4CCC(N)C4C3)c2nc1C.Cl. The number of nitrogens with zero attached hydrogens (tertiary/aromatic N) is 3. The number of hydrogen-bond acceptors (Lipinski definition) is 4. The minimum Gasteiger partial charge on any atom is -0.338 e. The second kappa shape index (κ2) is 6.50. The van der Waals surface area contributed by atoms with Gasteiger partial charge in [0.25, 0.3) is 5.91 Å². The highest BCUT2D eigenvalue weighted by molar-refractivity contribution is 6.04. The molecule has 2 fully saturated rings. The molecule has 7 heteroatoms. The van der Waals surface area contributed by atoms with E-state index in [1.807, 2.05) is 13.8 Å². The smallest absolute Gasteiger partial charge is 0.256 e. The van der Waals surface area contributed by atoms with Crippen molar-refractivity contribution in [3.8, 4) is 0 Å². The molecule has 0 bridgehead atoms. The fraction of sp³-hybridized carbons (Fsp3) is 0.500. The van der Waals surface area contributed by atoms with Crippen LogP contribution in [0.25, 0.3) is 11.0 Å². The van der Waals surface area contributed by atoms with Crippen molar-refractivity contribution in [3.05, 3.63) is 34.9 Å². The Kier molecular flexibility index (Phi) is 4.68. The Morgan fingerprint density at radius 3 is 2.64 bits per heavy atom. The number of carbonyl (C=O) groups excluding carboxylic acids is 1. The molecule has 25 heavy (non-hydrogen) atoms. The lowest BCUT2D eigenvalue weighted by Gasteiger charge is -2.19. The van der Waals surface area contributed by atoms with E-state index in [0.717, 1.165) is 24.2 Å². The van der Waals surface area contributed by atoms with Gasteiger partial charge in [-0.1, -0.05) is 0 Å². The molecule has 5 nitrogen and oxygen atoms in total. The Hall–Kier alpha value is -1.79. The van der Waals surface area contributed by atoms with Crippen molar-refractivity contribution in [2.75, 3.05) is 13.1 Å². The summed E-state index contributed by atoms with van der Waals surface area (Å²) in [6, 6.07) is 2.78. The largest absolute Gasteiger partial charge is 0.338 e. The van der Waals surface area contributed by atoms with Crippen LogP contribution in [-0.2, 0) is 0 Å². The lowest BCUT2D eigenvalue weighted by Crippen LogP contribution is -2.33. The maximum Gasteiger partial charge on any atom is 0.256 e. The highest BCUT2D eigenvalue weighted by Gasteiger charge is 2.42. The van der Waals surface area contributed by atoms with E-state index in [2.05, 4.69) is 9.97 Å². The van der Waals surface area contributed by atoms with Gasteiger partial charge in [-0.15, -0.1) is 12.4 Å². The standard InChI is InChI=1S/C18H21FN4O.ClH/c1-9-10(2)22-17-13(5-12(19)6-16(17)21-9)18(24)23-7-11-3-4-15(20)14(11)8-23;/h5-6,11,14-15H,3-4,7-8,20H2,1-2H3;1H. The molecule has 1 aromatic heterocycles. The molecule has 1 amide bonds. The normalized spacial score (nSPS) is 25.1. The quantitative estimate of drug-likeness (QED) is 0.844. The number of halogens is 2. The third kappa shape index (κ3) is 2.98. The van der Waals surface area contributed by atoms with Crippen molar-refractivity contribution in [1.82, 2.24) is 14.9 Å². The Morgan fingerprint density at radius 2 is 1.92 bits per heavy atom. The number of nitrogens with two attached hydrogens (primary N) is 1. The molecular formula is C18H22ClFN4O. The van der Waals surface area contributed by atoms with E-state index < -0.39 is 5.82 Å². The summed E-state index contributed by atoms with van der Waals surface area (Å²) in [7, 11) is 0. The molecule has 0 radical (unpaired) electrons. The molecule has 2 aromatic rings. The Labute approximate surface area is 152 Å². The zero-order valence-corrected chi connectivity index (χ0v) is 15.1. The van der Waals surface area contributed by atoms with Gasteiger partial charge in [-0.25, -0.2) is 14.4 Å². The predicted molar refractivity (Wildman–Crippen MR) is 96.3 cm³/mol. The molecule has 1 aliphatic carbocycles. The van der Waals surface area contributed by atoms with E-state index in [1.165, 1.54) is 12.1 Å². The summed E-state index contributed by atoms with van der Waals surface area (Å²) < 4.78 is 14.0. The molecule has 3 atom stereocenters. The number of rotatable bonds is 1. The third-order valence-electron chi connectivity index (χ3n) is 5.58. The van der Waals surface area contributed by atoms with Crippen LogP contribution in [-0.4, -0.2) is 39.9 Å². The summed E-state index contributed by atoms with van der Waals surface area (Å²) in [4.78, 5) is 23.7. The summed E-state index contributed by atoms with van der Waals surface area (Å²) in [6.45, 7) is 5.03. The highest BCUT2D eigenvalue weighted by Crippen LogP contribution is 2.38. The summed E-state index contributed by atoms with van der Waals surface area (Å²) in [5.74, 6) is 0.209. The van der Waals surface area contributed by atoms with E-state index >= 15 is 0 Å². The van der Waals surface area contributed by atoms with Gasteiger partial charge in [-0.05, 0) is 44.6 Å². The number of aromatic nitrogens is 2. The number of hydrogen-bond donors (Lipinski definition) is 1. The second-order valence-electron chi connectivity index (χ2n) is 7.09. The summed E-state index contributed by atoms with van der Waals surface area (Å²) in [6.07, 6.45) is 2.10. The van der Waals surface area contributed by atoms with Gasteiger partial charge >= 0.3 is 0 Å². The van der Waals surface area contributed by atoms with E-state index in [-0.39, 0.29) is 24.4 Å². The van der Waals surface area contributed by atoms with Gasteiger partial charge in [0.05, 0.1) is 22.5 Å². The fourth-order valence-electron chi connectivity index (χ4n) is 4.10. The molecule has 1 saturated carbocycles. The van der Waals surface area contributed by atoms with Crippen molar-refractivity contribution < 1.29 is 9.18 Å². The number of fused-ring (bicyclic) bond motifs is 2. The zero-order chi connectivity index (χ0) is 17.0. The average Bonchev–Trinajstić information content (AvgIpc) is 3.10. The monoisotopic (exact) mass is 364 g/mol. The van der Waals surface area contributed by atoms with E-state index in [9.17, 15) is 9.18 Å². The van der Waals surface area contributed by atoms with Crippen molar-refractivity contribution in [3.63, 3.8) is 0 Å². The number of likely N-dealkylation sites (tertiary alicyclic amines) is 1. The molecule has 1 saturated heterocycles. The van der Waals surface area contributed by atoms with Gasteiger partial charge < -0.3 is 10.6 Å². The van der Waals surface area contributed by atoms with Crippen LogP contribution in [0.2, 0.25) is 0 Å². The summed E-state index contributed by atoms with van der Waals surface area (Å²) >= 11 is 0.